The van der Waals surface area contributed by atoms with Gasteiger partial charge in [0.1, 0.15) is 5.69 Å². The average molecular weight is 315 g/mol. The molecule has 0 bridgehead atoms. The smallest absolute Gasteiger partial charge is 0.293 e. The molecule has 0 unspecified atom stereocenters. The van der Waals surface area contributed by atoms with Gasteiger partial charge in [-0.15, -0.1) is 0 Å². The van der Waals surface area contributed by atoms with Crippen LogP contribution < -0.4 is 4.90 Å². The summed E-state index contributed by atoms with van der Waals surface area (Å²) in [5, 5.41) is 20.1. The van der Waals surface area contributed by atoms with E-state index >= 15 is 0 Å². The van der Waals surface area contributed by atoms with Crippen LogP contribution in [0.3, 0.4) is 0 Å². The lowest BCUT2D eigenvalue weighted by Gasteiger charge is -2.32. The highest BCUT2D eigenvalue weighted by Crippen LogP contribution is 2.33. The first-order valence-electron chi connectivity index (χ1n) is 5.91. The third kappa shape index (κ3) is 2.81. The van der Waals surface area contributed by atoms with Crippen molar-refractivity contribution in [2.24, 2.45) is 5.92 Å². The van der Waals surface area contributed by atoms with Crippen LogP contribution in [-0.4, -0.2) is 29.7 Å². The summed E-state index contributed by atoms with van der Waals surface area (Å²) in [6.45, 7) is 1.72. The van der Waals surface area contributed by atoms with Crippen LogP contribution in [-0.2, 0) is 0 Å². The van der Waals surface area contributed by atoms with E-state index in [1.54, 1.807) is 6.07 Å². The highest BCUT2D eigenvalue weighted by molar-refractivity contribution is 9.10. The fourth-order valence-corrected chi connectivity index (χ4v) is 2.62. The van der Waals surface area contributed by atoms with E-state index < -0.39 is 0 Å². The summed E-state index contributed by atoms with van der Waals surface area (Å²) in [4.78, 5) is 12.7. The SMILES string of the molecule is O=[N+]([O-])c1cc(Br)ccc1N1CCC(CO)CC1. The zero-order valence-corrected chi connectivity index (χ0v) is 11.5. The van der Waals surface area contributed by atoms with Gasteiger partial charge in [0.2, 0.25) is 0 Å². The maximum absolute atomic E-state index is 11.1. The zero-order chi connectivity index (χ0) is 13.1. The lowest BCUT2D eigenvalue weighted by Crippen LogP contribution is -2.35. The van der Waals surface area contributed by atoms with E-state index in [1.165, 1.54) is 6.07 Å². The number of hydrogen-bond donors (Lipinski definition) is 1. The maximum atomic E-state index is 11.1. The Hall–Kier alpha value is -1.14. The molecule has 0 radical (unpaired) electrons. The van der Waals surface area contributed by atoms with Gasteiger partial charge in [-0.05, 0) is 30.9 Å². The van der Waals surface area contributed by atoms with Crippen LogP contribution in [0, 0.1) is 16.0 Å². The highest BCUT2D eigenvalue weighted by atomic mass is 79.9. The molecule has 5 nitrogen and oxygen atoms in total. The van der Waals surface area contributed by atoms with Crippen molar-refractivity contribution >= 4 is 27.3 Å². The molecule has 0 saturated carbocycles. The topological polar surface area (TPSA) is 66.6 Å². The number of aliphatic hydroxyl groups is 1. The summed E-state index contributed by atoms with van der Waals surface area (Å²) in [7, 11) is 0. The molecule has 1 aromatic rings. The second-order valence-corrected chi connectivity index (χ2v) is 5.42. The van der Waals surface area contributed by atoms with Gasteiger partial charge in [0, 0.05) is 30.2 Å². The number of nitro groups is 1. The molecule has 98 valence electrons. The predicted octanol–water partition coefficient (Wildman–Crippen LogP) is 2.57. The van der Waals surface area contributed by atoms with E-state index in [0.29, 0.717) is 16.1 Å². The molecule has 1 aromatic carbocycles. The number of aliphatic hydroxyl groups excluding tert-OH is 1. The highest BCUT2D eigenvalue weighted by Gasteiger charge is 2.24. The molecule has 0 atom stereocenters. The van der Waals surface area contributed by atoms with Gasteiger partial charge >= 0.3 is 0 Å². The van der Waals surface area contributed by atoms with E-state index in [4.69, 9.17) is 5.11 Å². The van der Waals surface area contributed by atoms with Gasteiger partial charge in [0.05, 0.1) is 4.92 Å². The molecule has 1 aliphatic heterocycles. The Morgan fingerprint density at radius 2 is 2.11 bits per heavy atom. The number of halogens is 1. The van der Waals surface area contributed by atoms with Gasteiger partial charge in [-0.25, -0.2) is 0 Å². The molecule has 1 saturated heterocycles. The number of nitro benzene ring substituents is 1. The number of anilines is 1. The number of hydrogen-bond acceptors (Lipinski definition) is 4. The molecular formula is C12H15BrN2O3. The fourth-order valence-electron chi connectivity index (χ4n) is 2.27. The normalized spacial score (nSPS) is 16.9. The standard InChI is InChI=1S/C12H15BrN2O3/c13-10-1-2-11(12(7-10)15(17)18)14-5-3-9(8-16)4-6-14/h1-2,7,9,16H,3-6,8H2. The van der Waals surface area contributed by atoms with Gasteiger partial charge in [0.25, 0.3) is 5.69 Å². The van der Waals surface area contributed by atoms with E-state index in [9.17, 15) is 10.1 Å². The zero-order valence-electron chi connectivity index (χ0n) is 9.88. The lowest BCUT2D eigenvalue weighted by atomic mass is 9.97. The number of nitrogens with zero attached hydrogens (tertiary/aromatic N) is 2. The molecule has 1 N–H and O–H groups in total. The lowest BCUT2D eigenvalue weighted by molar-refractivity contribution is -0.384. The van der Waals surface area contributed by atoms with Crippen LogP contribution in [0.1, 0.15) is 12.8 Å². The first-order chi connectivity index (χ1) is 8.61. The minimum atomic E-state index is -0.349. The van der Waals surface area contributed by atoms with E-state index in [2.05, 4.69) is 15.9 Å². The summed E-state index contributed by atoms with van der Waals surface area (Å²) in [6.07, 6.45) is 1.76. The molecule has 18 heavy (non-hydrogen) atoms. The quantitative estimate of drug-likeness (QED) is 0.688. The summed E-state index contributed by atoms with van der Waals surface area (Å²) in [6, 6.07) is 5.13. The van der Waals surface area contributed by atoms with Gasteiger partial charge in [-0.2, -0.15) is 0 Å². The number of benzene rings is 1. The van der Waals surface area contributed by atoms with Crippen LogP contribution in [0.25, 0.3) is 0 Å². The average Bonchev–Trinajstić information content (AvgIpc) is 2.39. The third-order valence-electron chi connectivity index (χ3n) is 3.35. The van der Waals surface area contributed by atoms with Crippen LogP contribution in [0.2, 0.25) is 0 Å². The molecule has 0 aromatic heterocycles. The van der Waals surface area contributed by atoms with E-state index in [1.807, 2.05) is 11.0 Å². The molecule has 1 fully saturated rings. The molecule has 0 spiro atoms. The van der Waals surface area contributed by atoms with Gasteiger partial charge in [0.15, 0.2) is 0 Å². The summed E-state index contributed by atoms with van der Waals surface area (Å²) >= 11 is 3.25. The molecule has 0 amide bonds. The summed E-state index contributed by atoms with van der Waals surface area (Å²) < 4.78 is 0.711. The Bertz CT molecular complexity index is 445. The van der Waals surface area contributed by atoms with Crippen molar-refractivity contribution in [1.82, 2.24) is 0 Å². The van der Waals surface area contributed by atoms with Crippen molar-refractivity contribution in [3.05, 3.63) is 32.8 Å². The Kier molecular flexibility index (Phi) is 4.19. The van der Waals surface area contributed by atoms with Crippen molar-refractivity contribution in [1.29, 1.82) is 0 Å². The third-order valence-corrected chi connectivity index (χ3v) is 3.84. The first-order valence-corrected chi connectivity index (χ1v) is 6.71. The van der Waals surface area contributed by atoms with E-state index in [-0.39, 0.29) is 17.2 Å². The Morgan fingerprint density at radius 3 is 2.67 bits per heavy atom. The molecule has 6 heteroatoms. The van der Waals surface area contributed by atoms with Gasteiger partial charge < -0.3 is 10.0 Å². The van der Waals surface area contributed by atoms with Crippen LogP contribution in [0.15, 0.2) is 22.7 Å². The largest absolute Gasteiger partial charge is 0.396 e. The van der Waals surface area contributed by atoms with Gasteiger partial charge in [-0.3, -0.25) is 10.1 Å². The monoisotopic (exact) mass is 314 g/mol. The van der Waals surface area contributed by atoms with Crippen LogP contribution in [0.4, 0.5) is 11.4 Å². The predicted molar refractivity (Wildman–Crippen MR) is 72.8 cm³/mol. The number of piperidine rings is 1. The summed E-state index contributed by atoms with van der Waals surface area (Å²) in [5.41, 5.74) is 0.798. The Labute approximate surface area is 114 Å². The minimum absolute atomic E-state index is 0.131. The maximum Gasteiger partial charge on any atom is 0.293 e. The molecular weight excluding hydrogens is 300 g/mol. The molecule has 2 rings (SSSR count). The molecule has 1 heterocycles. The van der Waals surface area contributed by atoms with Crippen LogP contribution in [0.5, 0.6) is 0 Å². The van der Waals surface area contributed by atoms with Crippen molar-refractivity contribution in [3.63, 3.8) is 0 Å². The van der Waals surface area contributed by atoms with Crippen molar-refractivity contribution in [2.75, 3.05) is 24.6 Å². The van der Waals surface area contributed by atoms with Crippen LogP contribution >= 0.6 is 15.9 Å². The second kappa shape index (κ2) is 5.67. The van der Waals surface area contributed by atoms with Crippen molar-refractivity contribution in [3.8, 4) is 0 Å². The van der Waals surface area contributed by atoms with Crippen molar-refractivity contribution < 1.29 is 10.0 Å². The molecule has 1 aliphatic rings. The van der Waals surface area contributed by atoms with E-state index in [0.717, 1.165) is 25.9 Å². The Balaban J connectivity index is 2.21. The number of rotatable bonds is 3. The molecule has 0 aliphatic carbocycles. The fraction of sp³-hybridized carbons (Fsp3) is 0.500. The second-order valence-electron chi connectivity index (χ2n) is 4.50. The summed E-state index contributed by atoms with van der Waals surface area (Å²) in [5.74, 6) is 0.329. The van der Waals surface area contributed by atoms with Gasteiger partial charge in [-0.1, -0.05) is 15.9 Å². The minimum Gasteiger partial charge on any atom is -0.396 e. The Morgan fingerprint density at radius 1 is 1.44 bits per heavy atom. The first kappa shape index (κ1) is 13.3. The van der Waals surface area contributed by atoms with Crippen molar-refractivity contribution in [2.45, 2.75) is 12.8 Å².